The van der Waals surface area contributed by atoms with Gasteiger partial charge in [-0.25, -0.2) is 4.68 Å². The zero-order valence-electron chi connectivity index (χ0n) is 11.9. The van der Waals surface area contributed by atoms with Gasteiger partial charge >= 0.3 is 0 Å². The Balaban J connectivity index is 2.09. The van der Waals surface area contributed by atoms with E-state index >= 15 is 0 Å². The van der Waals surface area contributed by atoms with E-state index < -0.39 is 0 Å². The van der Waals surface area contributed by atoms with E-state index in [4.69, 9.17) is 5.10 Å². The van der Waals surface area contributed by atoms with Gasteiger partial charge in [-0.3, -0.25) is 4.79 Å². The molecule has 0 aromatic carbocycles. The van der Waals surface area contributed by atoms with E-state index in [1.807, 2.05) is 16.8 Å². The number of nitrogens with zero attached hydrogens (tertiary/aromatic N) is 3. The second kappa shape index (κ2) is 5.11. The van der Waals surface area contributed by atoms with Gasteiger partial charge in [0.25, 0.3) is 5.56 Å². The Hall–Kier alpha value is -2.39. The number of aromatic nitrogens is 3. The average Bonchev–Trinajstić information content (AvgIpc) is 3.27. The second-order valence-corrected chi connectivity index (χ2v) is 6.41. The highest BCUT2D eigenvalue weighted by Gasteiger charge is 2.26. The molecule has 0 atom stereocenters. The van der Waals surface area contributed by atoms with E-state index in [1.54, 1.807) is 16.0 Å². The van der Waals surface area contributed by atoms with Gasteiger partial charge in [-0.1, -0.05) is 12.8 Å². The zero-order chi connectivity index (χ0) is 15.1. The number of aromatic amines is 1. The van der Waals surface area contributed by atoms with Gasteiger partial charge in [-0.2, -0.15) is 21.7 Å². The molecule has 1 saturated carbocycles. The van der Waals surface area contributed by atoms with Gasteiger partial charge in [-0.15, -0.1) is 0 Å². The predicted octanol–water partition coefficient (Wildman–Crippen LogP) is 3.30. The minimum atomic E-state index is -0.197. The third-order valence-corrected chi connectivity index (χ3v) is 5.03. The summed E-state index contributed by atoms with van der Waals surface area (Å²) in [5.41, 5.74) is 2.57. The van der Waals surface area contributed by atoms with Crippen LogP contribution in [0.25, 0.3) is 16.6 Å². The van der Waals surface area contributed by atoms with Gasteiger partial charge in [0.2, 0.25) is 0 Å². The Morgan fingerprint density at radius 1 is 1.41 bits per heavy atom. The molecule has 1 aliphatic carbocycles. The molecule has 0 radical (unpaired) electrons. The first kappa shape index (κ1) is 13.3. The quantitative estimate of drug-likeness (QED) is 0.789. The lowest BCUT2D eigenvalue weighted by atomic mass is 9.99. The van der Waals surface area contributed by atoms with Crippen LogP contribution in [0.15, 0.2) is 27.8 Å². The summed E-state index contributed by atoms with van der Waals surface area (Å²) in [4.78, 5) is 15.0. The lowest BCUT2D eigenvalue weighted by Gasteiger charge is -2.05. The van der Waals surface area contributed by atoms with Crippen LogP contribution in [-0.4, -0.2) is 14.8 Å². The van der Waals surface area contributed by atoms with Crippen LogP contribution in [0.4, 0.5) is 0 Å². The van der Waals surface area contributed by atoms with Gasteiger partial charge in [-0.05, 0) is 24.3 Å². The molecular weight excluding hydrogens is 296 g/mol. The number of nitriles is 1. The fourth-order valence-electron chi connectivity index (χ4n) is 3.33. The standard InChI is InChI=1S/C16H14N4OS/c17-7-11-8-18-16(21)15-13(11)14(10-3-1-2-4-10)19-20(15)12-5-6-22-9-12/h5-6,8-10H,1-4H2,(H,18,21). The third-order valence-electron chi connectivity index (χ3n) is 4.36. The molecule has 0 aliphatic heterocycles. The lowest BCUT2D eigenvalue weighted by Crippen LogP contribution is -2.10. The van der Waals surface area contributed by atoms with E-state index in [2.05, 4.69) is 11.1 Å². The summed E-state index contributed by atoms with van der Waals surface area (Å²) < 4.78 is 1.69. The first-order chi connectivity index (χ1) is 10.8. The number of H-pyrrole nitrogens is 1. The summed E-state index contributed by atoms with van der Waals surface area (Å²) in [5.74, 6) is 0.344. The molecule has 3 heterocycles. The van der Waals surface area contributed by atoms with Crippen molar-refractivity contribution in [2.24, 2.45) is 0 Å². The van der Waals surface area contributed by atoms with Gasteiger partial charge in [0, 0.05) is 22.9 Å². The summed E-state index contributed by atoms with van der Waals surface area (Å²) in [7, 11) is 0. The van der Waals surface area contributed by atoms with Gasteiger partial charge in [0.1, 0.15) is 11.6 Å². The van der Waals surface area contributed by atoms with E-state index in [0.29, 0.717) is 17.0 Å². The van der Waals surface area contributed by atoms with Crippen molar-refractivity contribution in [3.8, 4) is 11.8 Å². The Morgan fingerprint density at radius 2 is 2.23 bits per heavy atom. The van der Waals surface area contributed by atoms with E-state index in [9.17, 15) is 10.1 Å². The van der Waals surface area contributed by atoms with E-state index in [-0.39, 0.29) is 5.56 Å². The minimum absolute atomic E-state index is 0.197. The van der Waals surface area contributed by atoms with Crippen molar-refractivity contribution in [3.63, 3.8) is 0 Å². The maximum atomic E-state index is 12.4. The Morgan fingerprint density at radius 3 is 2.91 bits per heavy atom. The molecule has 3 aromatic rings. The highest BCUT2D eigenvalue weighted by Crippen LogP contribution is 2.38. The highest BCUT2D eigenvalue weighted by molar-refractivity contribution is 7.08. The lowest BCUT2D eigenvalue weighted by molar-refractivity contribution is 0.684. The molecule has 0 unspecified atom stereocenters. The minimum Gasteiger partial charge on any atom is -0.326 e. The number of hydrogen-bond acceptors (Lipinski definition) is 4. The summed E-state index contributed by atoms with van der Waals surface area (Å²) >= 11 is 1.56. The van der Waals surface area contributed by atoms with Crippen LogP contribution < -0.4 is 5.56 Å². The Kier molecular flexibility index (Phi) is 3.09. The molecule has 0 saturated heterocycles. The summed E-state index contributed by atoms with van der Waals surface area (Å²) in [6, 6.07) is 4.14. The molecule has 22 heavy (non-hydrogen) atoms. The second-order valence-electron chi connectivity index (χ2n) is 5.63. The average molecular weight is 310 g/mol. The maximum absolute atomic E-state index is 12.4. The molecule has 110 valence electrons. The SMILES string of the molecule is N#Cc1c[nH]c(=O)c2c1c(C1CCCC1)nn2-c1ccsc1. The van der Waals surface area contributed by atoms with Crippen molar-refractivity contribution >= 4 is 22.2 Å². The largest absolute Gasteiger partial charge is 0.326 e. The molecule has 3 aromatic heterocycles. The zero-order valence-corrected chi connectivity index (χ0v) is 12.7. The summed E-state index contributed by atoms with van der Waals surface area (Å²) in [6.45, 7) is 0. The van der Waals surface area contributed by atoms with E-state index in [0.717, 1.165) is 29.6 Å². The maximum Gasteiger partial charge on any atom is 0.274 e. The number of hydrogen-bond donors (Lipinski definition) is 1. The first-order valence-corrected chi connectivity index (χ1v) is 8.31. The van der Waals surface area contributed by atoms with Gasteiger partial charge in [0.15, 0.2) is 0 Å². The molecule has 4 rings (SSSR count). The van der Waals surface area contributed by atoms with Crippen LogP contribution in [0.3, 0.4) is 0 Å². The molecule has 5 nitrogen and oxygen atoms in total. The molecule has 0 amide bonds. The molecular formula is C16H14N4OS. The monoisotopic (exact) mass is 310 g/mol. The van der Waals surface area contributed by atoms with Crippen LogP contribution in [0.1, 0.15) is 42.9 Å². The van der Waals surface area contributed by atoms with Crippen molar-refractivity contribution in [2.45, 2.75) is 31.6 Å². The fraction of sp³-hybridized carbons (Fsp3) is 0.312. The molecule has 1 N–H and O–H groups in total. The summed E-state index contributed by atoms with van der Waals surface area (Å²) in [5, 5.41) is 18.8. The number of fused-ring (bicyclic) bond motifs is 1. The van der Waals surface area contributed by atoms with E-state index in [1.165, 1.54) is 19.0 Å². The highest BCUT2D eigenvalue weighted by atomic mass is 32.1. The van der Waals surface area contributed by atoms with Crippen molar-refractivity contribution in [1.82, 2.24) is 14.8 Å². The predicted molar refractivity (Wildman–Crippen MR) is 85.5 cm³/mol. The van der Waals surface area contributed by atoms with Crippen LogP contribution in [-0.2, 0) is 0 Å². The van der Waals surface area contributed by atoms with Crippen LogP contribution in [0.5, 0.6) is 0 Å². The van der Waals surface area contributed by atoms with Crippen molar-refractivity contribution in [3.05, 3.63) is 44.6 Å². The van der Waals surface area contributed by atoms with Crippen LogP contribution in [0.2, 0.25) is 0 Å². The molecule has 0 spiro atoms. The van der Waals surface area contributed by atoms with Crippen molar-refractivity contribution in [1.29, 1.82) is 5.26 Å². The molecule has 0 bridgehead atoms. The summed E-state index contributed by atoms with van der Waals surface area (Å²) in [6.07, 6.45) is 6.02. The van der Waals surface area contributed by atoms with Crippen LogP contribution >= 0.6 is 11.3 Å². The number of rotatable bonds is 2. The Bertz CT molecular complexity index is 924. The Labute approximate surface area is 130 Å². The number of thiophene rings is 1. The number of nitrogens with one attached hydrogen (secondary N) is 1. The van der Waals surface area contributed by atoms with Crippen molar-refractivity contribution < 1.29 is 0 Å². The van der Waals surface area contributed by atoms with Crippen molar-refractivity contribution in [2.75, 3.05) is 0 Å². The molecule has 1 aliphatic rings. The fourth-order valence-corrected chi connectivity index (χ4v) is 3.94. The topological polar surface area (TPSA) is 74.5 Å². The smallest absolute Gasteiger partial charge is 0.274 e. The molecule has 6 heteroatoms. The van der Waals surface area contributed by atoms with Gasteiger partial charge in [0.05, 0.1) is 16.9 Å². The third kappa shape index (κ3) is 1.90. The van der Waals surface area contributed by atoms with Gasteiger partial charge < -0.3 is 4.98 Å². The number of pyridine rings is 1. The molecule has 1 fully saturated rings. The van der Waals surface area contributed by atoms with Crippen LogP contribution in [0, 0.1) is 11.3 Å². The first-order valence-electron chi connectivity index (χ1n) is 7.36. The normalized spacial score (nSPS) is 15.4.